The molecule has 0 saturated heterocycles. The van der Waals surface area contributed by atoms with Crippen LogP contribution in [0.3, 0.4) is 0 Å². The van der Waals surface area contributed by atoms with Crippen LogP contribution in [0.5, 0.6) is 0 Å². The Labute approximate surface area is 129 Å². The predicted octanol–water partition coefficient (Wildman–Crippen LogP) is 2.21. The van der Waals surface area contributed by atoms with Gasteiger partial charge in [-0.1, -0.05) is 24.9 Å². The number of sulfonamides is 1. The lowest BCUT2D eigenvalue weighted by Gasteiger charge is -2.11. The number of nitrogens with one attached hydrogen (secondary N) is 1. The van der Waals surface area contributed by atoms with Crippen LogP contribution in [0.2, 0.25) is 5.02 Å². The van der Waals surface area contributed by atoms with Gasteiger partial charge in [-0.05, 0) is 43.4 Å². The number of rotatable bonds is 5. The molecule has 2 atom stereocenters. The number of halogens is 1. The van der Waals surface area contributed by atoms with Crippen LogP contribution in [0, 0.1) is 12.8 Å². The zero-order valence-corrected chi connectivity index (χ0v) is 13.6. The van der Waals surface area contributed by atoms with Gasteiger partial charge in [-0.25, -0.2) is 13.6 Å². The Kier molecular flexibility index (Phi) is 4.60. The molecule has 1 amide bonds. The van der Waals surface area contributed by atoms with Crippen LogP contribution < -0.4 is 10.5 Å². The topological polar surface area (TPSA) is 89.3 Å². The van der Waals surface area contributed by atoms with Crippen molar-refractivity contribution >= 4 is 27.5 Å². The molecule has 0 spiro atoms. The zero-order valence-electron chi connectivity index (χ0n) is 12.0. The first-order valence-corrected chi connectivity index (χ1v) is 8.80. The maximum atomic E-state index is 12.3. The minimum atomic E-state index is -3.91. The molecule has 0 aliphatic heterocycles. The highest BCUT2D eigenvalue weighted by atomic mass is 35.5. The van der Waals surface area contributed by atoms with Crippen LogP contribution in [0.15, 0.2) is 17.0 Å². The lowest BCUT2D eigenvalue weighted by Crippen LogP contribution is -2.28. The summed E-state index contributed by atoms with van der Waals surface area (Å²) < 4.78 is 23.1. The SMILES string of the molecule is CCCC1CC1NC(=O)c1cc(Cl)cc(S(N)(=O)=O)c1C. The van der Waals surface area contributed by atoms with Crippen LogP contribution in [-0.4, -0.2) is 20.4 Å². The van der Waals surface area contributed by atoms with E-state index in [1.165, 1.54) is 12.1 Å². The Balaban J connectivity index is 2.24. The van der Waals surface area contributed by atoms with Gasteiger partial charge in [-0.15, -0.1) is 0 Å². The molecule has 0 aromatic heterocycles. The lowest BCUT2D eigenvalue weighted by molar-refractivity contribution is 0.0948. The van der Waals surface area contributed by atoms with E-state index in [-0.39, 0.29) is 27.4 Å². The summed E-state index contributed by atoms with van der Waals surface area (Å²) in [5.41, 5.74) is 0.584. The average molecular weight is 331 g/mol. The number of nitrogens with two attached hydrogens (primary N) is 1. The van der Waals surface area contributed by atoms with Crippen LogP contribution in [0.25, 0.3) is 0 Å². The summed E-state index contributed by atoms with van der Waals surface area (Å²) in [5.74, 6) is 0.222. The zero-order chi connectivity index (χ0) is 15.8. The van der Waals surface area contributed by atoms with Gasteiger partial charge >= 0.3 is 0 Å². The normalized spacial score (nSPS) is 21.1. The van der Waals surface area contributed by atoms with Crippen molar-refractivity contribution in [3.05, 3.63) is 28.3 Å². The summed E-state index contributed by atoms with van der Waals surface area (Å²) in [6.45, 7) is 3.66. The van der Waals surface area contributed by atoms with E-state index < -0.39 is 10.0 Å². The Morgan fingerprint density at radius 3 is 2.71 bits per heavy atom. The molecular formula is C14H19ClN2O3S. The molecule has 116 valence electrons. The minimum Gasteiger partial charge on any atom is -0.349 e. The Bertz CT molecular complexity index is 673. The molecule has 2 unspecified atom stereocenters. The summed E-state index contributed by atoms with van der Waals surface area (Å²) in [7, 11) is -3.91. The fourth-order valence-corrected chi connectivity index (χ4v) is 3.66. The Hall–Kier alpha value is -1.11. The number of hydrogen-bond donors (Lipinski definition) is 2. The molecule has 1 fully saturated rings. The molecule has 0 heterocycles. The largest absolute Gasteiger partial charge is 0.349 e. The fourth-order valence-electron chi connectivity index (χ4n) is 2.55. The first-order chi connectivity index (χ1) is 9.74. The van der Waals surface area contributed by atoms with E-state index in [2.05, 4.69) is 12.2 Å². The molecule has 0 bridgehead atoms. The number of primary sulfonamides is 1. The minimum absolute atomic E-state index is 0.110. The van der Waals surface area contributed by atoms with Gasteiger partial charge in [-0.2, -0.15) is 0 Å². The average Bonchev–Trinajstić information content (AvgIpc) is 3.08. The van der Waals surface area contributed by atoms with E-state index in [0.717, 1.165) is 19.3 Å². The number of benzene rings is 1. The third-order valence-electron chi connectivity index (χ3n) is 3.77. The van der Waals surface area contributed by atoms with Crippen molar-refractivity contribution in [2.75, 3.05) is 0 Å². The number of amides is 1. The molecular weight excluding hydrogens is 312 g/mol. The lowest BCUT2D eigenvalue weighted by atomic mass is 10.1. The molecule has 1 aromatic rings. The smallest absolute Gasteiger partial charge is 0.251 e. The van der Waals surface area contributed by atoms with Crippen molar-refractivity contribution in [1.82, 2.24) is 5.32 Å². The molecule has 2 rings (SSSR count). The quantitative estimate of drug-likeness (QED) is 0.867. The highest BCUT2D eigenvalue weighted by Gasteiger charge is 2.37. The molecule has 1 saturated carbocycles. The highest BCUT2D eigenvalue weighted by Crippen LogP contribution is 2.35. The van der Waals surface area contributed by atoms with Crippen molar-refractivity contribution in [3.8, 4) is 0 Å². The van der Waals surface area contributed by atoms with Gasteiger partial charge in [0.2, 0.25) is 10.0 Å². The van der Waals surface area contributed by atoms with Crippen molar-refractivity contribution in [3.63, 3.8) is 0 Å². The standard InChI is InChI=1S/C14H19ClN2O3S/c1-3-4-9-5-12(9)17-14(18)11-6-10(15)7-13(8(11)2)21(16,19)20/h6-7,9,12H,3-5H2,1-2H3,(H,17,18)(H2,16,19,20). The second-order valence-electron chi connectivity index (χ2n) is 5.49. The molecule has 1 aliphatic rings. The van der Waals surface area contributed by atoms with Gasteiger partial charge in [0.05, 0.1) is 4.90 Å². The molecule has 0 radical (unpaired) electrons. The molecule has 1 aliphatic carbocycles. The summed E-state index contributed by atoms with van der Waals surface area (Å²) in [5, 5.41) is 8.25. The summed E-state index contributed by atoms with van der Waals surface area (Å²) >= 11 is 5.90. The van der Waals surface area contributed by atoms with Gasteiger partial charge in [0.25, 0.3) is 5.91 Å². The van der Waals surface area contributed by atoms with Crippen molar-refractivity contribution in [2.24, 2.45) is 11.1 Å². The third-order valence-corrected chi connectivity index (χ3v) is 5.03. The number of hydrogen-bond acceptors (Lipinski definition) is 3. The van der Waals surface area contributed by atoms with Gasteiger partial charge < -0.3 is 5.32 Å². The van der Waals surface area contributed by atoms with E-state index in [1.54, 1.807) is 6.92 Å². The predicted molar refractivity (Wildman–Crippen MR) is 81.8 cm³/mol. The maximum Gasteiger partial charge on any atom is 0.251 e. The second-order valence-corrected chi connectivity index (χ2v) is 7.45. The Morgan fingerprint density at radius 1 is 1.48 bits per heavy atom. The van der Waals surface area contributed by atoms with Gasteiger partial charge in [-0.3, -0.25) is 4.79 Å². The van der Waals surface area contributed by atoms with Crippen molar-refractivity contribution < 1.29 is 13.2 Å². The van der Waals surface area contributed by atoms with Crippen LogP contribution in [0.1, 0.15) is 42.1 Å². The van der Waals surface area contributed by atoms with Crippen LogP contribution in [0.4, 0.5) is 0 Å². The summed E-state index contributed by atoms with van der Waals surface area (Å²) in [6, 6.07) is 2.91. The monoisotopic (exact) mass is 330 g/mol. The van der Waals surface area contributed by atoms with E-state index in [0.29, 0.717) is 11.5 Å². The maximum absolute atomic E-state index is 12.3. The van der Waals surface area contributed by atoms with E-state index in [1.807, 2.05) is 0 Å². The summed E-state index contributed by atoms with van der Waals surface area (Å²) in [6.07, 6.45) is 3.14. The van der Waals surface area contributed by atoms with Crippen LogP contribution >= 0.6 is 11.6 Å². The van der Waals surface area contributed by atoms with Gasteiger partial charge in [0.15, 0.2) is 0 Å². The second kappa shape index (κ2) is 5.94. The van der Waals surface area contributed by atoms with Gasteiger partial charge in [0, 0.05) is 16.6 Å². The number of carbonyl (C=O) groups excluding carboxylic acids is 1. The van der Waals surface area contributed by atoms with Gasteiger partial charge in [0.1, 0.15) is 0 Å². The Morgan fingerprint density at radius 2 is 2.14 bits per heavy atom. The van der Waals surface area contributed by atoms with Crippen LogP contribution in [-0.2, 0) is 10.0 Å². The van der Waals surface area contributed by atoms with E-state index in [9.17, 15) is 13.2 Å². The molecule has 7 heteroatoms. The fraction of sp³-hybridized carbons (Fsp3) is 0.500. The number of carbonyl (C=O) groups is 1. The first kappa shape index (κ1) is 16.3. The first-order valence-electron chi connectivity index (χ1n) is 6.87. The third kappa shape index (κ3) is 3.75. The molecule has 3 N–H and O–H groups in total. The summed E-state index contributed by atoms with van der Waals surface area (Å²) in [4.78, 5) is 12.2. The molecule has 1 aromatic carbocycles. The van der Waals surface area contributed by atoms with E-state index >= 15 is 0 Å². The molecule has 5 nitrogen and oxygen atoms in total. The van der Waals surface area contributed by atoms with Crippen molar-refractivity contribution in [2.45, 2.75) is 44.0 Å². The highest BCUT2D eigenvalue weighted by molar-refractivity contribution is 7.89. The molecule has 21 heavy (non-hydrogen) atoms. The van der Waals surface area contributed by atoms with Crippen molar-refractivity contribution in [1.29, 1.82) is 0 Å². The van der Waals surface area contributed by atoms with E-state index in [4.69, 9.17) is 16.7 Å².